The van der Waals surface area contributed by atoms with E-state index in [1.807, 2.05) is 0 Å². The van der Waals surface area contributed by atoms with Crippen molar-refractivity contribution in [3.8, 4) is 0 Å². The molecule has 0 aliphatic carbocycles. The fourth-order valence-electron chi connectivity index (χ4n) is 2.46. The van der Waals surface area contributed by atoms with Crippen LogP contribution in [0.2, 0.25) is 0 Å². The van der Waals surface area contributed by atoms with Crippen molar-refractivity contribution < 1.29 is 22.7 Å². The molecule has 1 aliphatic rings. The van der Waals surface area contributed by atoms with E-state index in [0.29, 0.717) is 5.56 Å². The number of aliphatic carboxylic acids is 1. The number of rotatable bonds is 3. The average Bonchev–Trinajstić information content (AvgIpc) is 2.37. The number of benzene rings is 1. The van der Waals surface area contributed by atoms with Crippen LogP contribution in [0.1, 0.15) is 12.5 Å². The van der Waals surface area contributed by atoms with Gasteiger partial charge in [-0.25, -0.2) is 17.6 Å². The zero-order valence-electron chi connectivity index (χ0n) is 11.5. The zero-order chi connectivity index (χ0) is 15.6. The molecule has 114 valence electrons. The van der Waals surface area contributed by atoms with Gasteiger partial charge in [-0.3, -0.25) is 0 Å². The highest BCUT2D eigenvalue weighted by molar-refractivity contribution is 7.91. The topological polar surface area (TPSA) is 74.7 Å². The Kier molecular flexibility index (Phi) is 4.32. The molecular formula is C14H16FNO4S. The van der Waals surface area contributed by atoms with Crippen molar-refractivity contribution in [1.82, 2.24) is 0 Å². The van der Waals surface area contributed by atoms with E-state index in [1.165, 1.54) is 18.2 Å². The molecule has 0 bridgehead atoms. The summed E-state index contributed by atoms with van der Waals surface area (Å²) in [7, 11) is -3.10. The quantitative estimate of drug-likeness (QED) is 0.857. The summed E-state index contributed by atoms with van der Waals surface area (Å²) >= 11 is 0. The number of carbonyl (C=O) groups is 1. The van der Waals surface area contributed by atoms with E-state index in [4.69, 9.17) is 5.11 Å². The number of nitrogens with zero attached hydrogens (tertiary/aromatic N) is 1. The van der Waals surface area contributed by atoms with Crippen LogP contribution in [0.5, 0.6) is 0 Å². The molecule has 1 heterocycles. The Morgan fingerprint density at radius 3 is 2.81 bits per heavy atom. The van der Waals surface area contributed by atoms with Gasteiger partial charge in [-0.05, 0) is 19.1 Å². The zero-order valence-corrected chi connectivity index (χ0v) is 12.3. The molecular weight excluding hydrogens is 297 g/mol. The molecule has 7 heteroatoms. The van der Waals surface area contributed by atoms with Crippen molar-refractivity contribution in [2.45, 2.75) is 13.0 Å². The van der Waals surface area contributed by atoms with Crippen LogP contribution >= 0.6 is 0 Å². The van der Waals surface area contributed by atoms with Crippen LogP contribution in [-0.2, 0) is 14.6 Å². The smallest absolute Gasteiger partial charge is 0.328 e. The van der Waals surface area contributed by atoms with Gasteiger partial charge in [-0.15, -0.1) is 0 Å². The normalized spacial score (nSPS) is 21.6. The molecule has 1 aliphatic heterocycles. The summed E-state index contributed by atoms with van der Waals surface area (Å²) in [5.41, 5.74) is 0.668. The number of anilines is 1. The second kappa shape index (κ2) is 5.85. The first-order chi connectivity index (χ1) is 9.80. The molecule has 1 atom stereocenters. The predicted molar refractivity (Wildman–Crippen MR) is 78.5 cm³/mol. The van der Waals surface area contributed by atoms with E-state index in [2.05, 4.69) is 0 Å². The minimum Gasteiger partial charge on any atom is -0.478 e. The number of hydrogen-bond donors (Lipinski definition) is 1. The third-order valence-electron chi connectivity index (χ3n) is 3.38. The van der Waals surface area contributed by atoms with Gasteiger partial charge in [0.2, 0.25) is 0 Å². The first-order valence-electron chi connectivity index (χ1n) is 6.47. The lowest BCUT2D eigenvalue weighted by Crippen LogP contribution is -2.47. The molecule has 0 amide bonds. The van der Waals surface area contributed by atoms with Crippen molar-refractivity contribution in [1.29, 1.82) is 0 Å². The minimum atomic E-state index is -3.10. The van der Waals surface area contributed by atoms with Crippen molar-refractivity contribution >= 4 is 27.6 Å². The monoisotopic (exact) mass is 313 g/mol. The van der Waals surface area contributed by atoms with Crippen molar-refractivity contribution in [3.63, 3.8) is 0 Å². The largest absolute Gasteiger partial charge is 0.478 e. The summed E-state index contributed by atoms with van der Waals surface area (Å²) < 4.78 is 37.4. The molecule has 1 unspecified atom stereocenters. The lowest BCUT2D eigenvalue weighted by molar-refractivity contribution is -0.131. The lowest BCUT2D eigenvalue weighted by Gasteiger charge is -2.36. The maximum atomic E-state index is 14.2. The second-order valence-corrected chi connectivity index (χ2v) is 7.23. The van der Waals surface area contributed by atoms with Crippen LogP contribution in [0.4, 0.5) is 10.1 Å². The molecule has 0 aromatic heterocycles. The maximum absolute atomic E-state index is 14.2. The summed E-state index contributed by atoms with van der Waals surface area (Å²) in [5.74, 6) is -1.69. The Morgan fingerprint density at radius 1 is 1.48 bits per heavy atom. The van der Waals surface area contributed by atoms with Gasteiger partial charge in [0.25, 0.3) is 0 Å². The average molecular weight is 313 g/mol. The summed E-state index contributed by atoms with van der Waals surface area (Å²) in [6.07, 6.45) is 2.25. The fourth-order valence-corrected chi connectivity index (χ4v) is 4.02. The molecule has 1 aromatic rings. The standard InChI is InChI=1S/C14H16FNO4S/c1-10-9-21(19,20)8-7-16(10)14-11(5-6-13(17)18)3-2-4-12(14)15/h2-6,10H,7-9H2,1H3,(H,17,18)/b6-5+. The Labute approximate surface area is 122 Å². The molecule has 1 N–H and O–H groups in total. The highest BCUT2D eigenvalue weighted by Gasteiger charge is 2.30. The molecule has 1 fully saturated rings. The predicted octanol–water partition coefficient (Wildman–Crippen LogP) is 1.55. The van der Waals surface area contributed by atoms with Crippen LogP contribution in [0.15, 0.2) is 24.3 Å². The fraction of sp³-hybridized carbons (Fsp3) is 0.357. The number of para-hydroxylation sites is 1. The van der Waals surface area contributed by atoms with Gasteiger partial charge in [0.05, 0.1) is 17.2 Å². The highest BCUT2D eigenvalue weighted by Crippen LogP contribution is 2.29. The Morgan fingerprint density at radius 2 is 2.19 bits per heavy atom. The van der Waals surface area contributed by atoms with Crippen LogP contribution in [0, 0.1) is 5.82 Å². The Balaban J connectivity index is 2.41. The number of halogens is 1. The molecule has 5 nitrogen and oxygen atoms in total. The Bertz CT molecular complexity index is 684. The number of carboxylic acids is 1. The van der Waals surface area contributed by atoms with Gasteiger partial charge in [0.1, 0.15) is 5.82 Å². The summed E-state index contributed by atoms with van der Waals surface area (Å²) in [6, 6.07) is 4.01. The molecule has 1 saturated heterocycles. The van der Waals surface area contributed by atoms with Gasteiger partial charge in [0.15, 0.2) is 9.84 Å². The maximum Gasteiger partial charge on any atom is 0.328 e. The number of hydrogen-bond acceptors (Lipinski definition) is 4. The van der Waals surface area contributed by atoms with E-state index in [9.17, 15) is 17.6 Å². The van der Waals surface area contributed by atoms with Crippen molar-refractivity contribution in [3.05, 3.63) is 35.7 Å². The Hall–Kier alpha value is -1.89. The summed E-state index contributed by atoms with van der Waals surface area (Å²) in [4.78, 5) is 12.3. The van der Waals surface area contributed by atoms with Crippen LogP contribution < -0.4 is 4.90 Å². The van der Waals surface area contributed by atoms with Crippen LogP contribution in [0.3, 0.4) is 0 Å². The molecule has 0 radical (unpaired) electrons. The van der Waals surface area contributed by atoms with E-state index in [-0.39, 0.29) is 29.8 Å². The van der Waals surface area contributed by atoms with Gasteiger partial charge < -0.3 is 10.0 Å². The molecule has 1 aromatic carbocycles. The lowest BCUT2D eigenvalue weighted by atomic mass is 10.1. The highest BCUT2D eigenvalue weighted by atomic mass is 32.2. The van der Waals surface area contributed by atoms with Gasteiger partial charge in [-0.2, -0.15) is 0 Å². The minimum absolute atomic E-state index is 0.0340. The third kappa shape index (κ3) is 3.60. The molecule has 0 saturated carbocycles. The molecule has 2 rings (SSSR count). The van der Waals surface area contributed by atoms with E-state index >= 15 is 0 Å². The SMILES string of the molecule is CC1CS(=O)(=O)CCN1c1c(F)cccc1/C=C/C(=O)O. The third-order valence-corrected chi connectivity index (χ3v) is 5.18. The summed E-state index contributed by atoms with van der Waals surface area (Å²) in [5, 5.41) is 8.69. The van der Waals surface area contributed by atoms with Gasteiger partial charge in [0, 0.05) is 24.2 Å². The van der Waals surface area contributed by atoms with Crippen molar-refractivity contribution in [2.75, 3.05) is 23.0 Å². The van der Waals surface area contributed by atoms with Gasteiger partial charge in [-0.1, -0.05) is 12.1 Å². The summed E-state index contributed by atoms with van der Waals surface area (Å²) in [6.45, 7) is 1.91. The van der Waals surface area contributed by atoms with Gasteiger partial charge >= 0.3 is 5.97 Å². The van der Waals surface area contributed by atoms with Crippen molar-refractivity contribution in [2.24, 2.45) is 0 Å². The van der Waals surface area contributed by atoms with E-state index < -0.39 is 21.6 Å². The first-order valence-corrected chi connectivity index (χ1v) is 8.29. The van der Waals surface area contributed by atoms with Crippen LogP contribution in [-0.4, -0.2) is 43.6 Å². The number of carboxylic acid groups (broad SMARTS) is 1. The second-order valence-electron chi connectivity index (χ2n) is 5.01. The van der Waals surface area contributed by atoms with E-state index in [1.54, 1.807) is 17.9 Å². The first kappa shape index (κ1) is 15.5. The van der Waals surface area contributed by atoms with Crippen LogP contribution in [0.25, 0.3) is 6.08 Å². The van der Waals surface area contributed by atoms with E-state index in [0.717, 1.165) is 6.08 Å². The number of sulfone groups is 1. The molecule has 0 spiro atoms. The molecule has 21 heavy (non-hydrogen) atoms.